The highest BCUT2D eigenvalue weighted by atomic mass is 32.2. The number of sulfonamides is 1. The fourth-order valence-electron chi connectivity index (χ4n) is 3.45. The van der Waals surface area contributed by atoms with E-state index < -0.39 is 10.0 Å². The van der Waals surface area contributed by atoms with Crippen LogP contribution in [-0.2, 0) is 27.7 Å². The molecule has 1 aliphatic rings. The number of carbonyl (C=O) groups excluding carboxylic acids is 2. The molecule has 7 heteroatoms. The molecule has 0 saturated carbocycles. The highest BCUT2D eigenvalue weighted by Crippen LogP contribution is 2.23. The number of nitrogens with one attached hydrogen (secondary N) is 1. The zero-order chi connectivity index (χ0) is 21.0. The van der Waals surface area contributed by atoms with Crippen LogP contribution in [0.25, 0.3) is 0 Å². The highest BCUT2D eigenvalue weighted by molar-refractivity contribution is 7.89. The zero-order valence-corrected chi connectivity index (χ0v) is 17.6. The van der Waals surface area contributed by atoms with Crippen molar-refractivity contribution in [2.24, 2.45) is 0 Å². The van der Waals surface area contributed by atoms with Crippen molar-refractivity contribution in [3.8, 4) is 0 Å². The number of aryl methyl sites for hydroxylation is 2. The Labute approximate surface area is 172 Å². The third kappa shape index (κ3) is 5.10. The van der Waals surface area contributed by atoms with Gasteiger partial charge in [-0.2, -0.15) is 0 Å². The first kappa shape index (κ1) is 21.2. The monoisotopic (exact) mass is 414 g/mol. The lowest BCUT2D eigenvalue weighted by atomic mass is 9.89. The molecule has 0 saturated heterocycles. The normalized spacial score (nSPS) is 13.8. The third-order valence-corrected chi connectivity index (χ3v) is 6.96. The Morgan fingerprint density at radius 3 is 2.41 bits per heavy atom. The fraction of sp³-hybridized carbons (Fsp3) is 0.364. The minimum Gasteiger partial charge on any atom is -0.326 e. The summed E-state index contributed by atoms with van der Waals surface area (Å²) in [7, 11) is -0.674. The average Bonchev–Trinajstić information content (AvgIpc) is 2.71. The summed E-state index contributed by atoms with van der Waals surface area (Å²) < 4.78 is 25.5. The van der Waals surface area contributed by atoms with Gasteiger partial charge in [0.25, 0.3) is 0 Å². The van der Waals surface area contributed by atoms with Gasteiger partial charge in [-0.3, -0.25) is 9.59 Å². The molecular formula is C22H26N2O4S. The number of anilines is 1. The molecule has 0 radical (unpaired) electrons. The van der Waals surface area contributed by atoms with E-state index in [2.05, 4.69) is 5.32 Å². The van der Waals surface area contributed by atoms with Crippen LogP contribution in [0.15, 0.2) is 47.4 Å². The van der Waals surface area contributed by atoms with Crippen LogP contribution in [-0.4, -0.2) is 38.5 Å². The van der Waals surface area contributed by atoms with E-state index in [1.165, 1.54) is 43.8 Å². The molecule has 3 rings (SSSR count). The Morgan fingerprint density at radius 1 is 0.966 bits per heavy atom. The van der Waals surface area contributed by atoms with E-state index >= 15 is 0 Å². The number of fused-ring (bicyclic) bond motifs is 1. The molecule has 1 N–H and O–H groups in total. The van der Waals surface area contributed by atoms with Crippen LogP contribution in [0.1, 0.15) is 47.2 Å². The number of nitrogens with zero attached hydrogens (tertiary/aromatic N) is 1. The van der Waals surface area contributed by atoms with E-state index in [-0.39, 0.29) is 29.4 Å². The molecular weight excluding hydrogens is 388 g/mol. The Morgan fingerprint density at radius 2 is 1.69 bits per heavy atom. The lowest BCUT2D eigenvalue weighted by molar-refractivity contribution is -0.116. The van der Waals surface area contributed by atoms with Crippen LogP contribution in [0, 0.1) is 0 Å². The molecule has 0 spiro atoms. The molecule has 1 amide bonds. The van der Waals surface area contributed by atoms with Gasteiger partial charge in [-0.25, -0.2) is 12.7 Å². The Hall–Kier alpha value is -2.51. The van der Waals surface area contributed by atoms with Gasteiger partial charge in [-0.15, -0.1) is 0 Å². The second kappa shape index (κ2) is 8.88. The van der Waals surface area contributed by atoms with Crippen LogP contribution in [0.2, 0.25) is 0 Å². The van der Waals surface area contributed by atoms with Gasteiger partial charge >= 0.3 is 0 Å². The summed E-state index contributed by atoms with van der Waals surface area (Å²) in [4.78, 5) is 24.8. The maximum atomic E-state index is 12.5. The second-order valence-electron chi connectivity index (χ2n) is 7.48. The molecule has 1 aliphatic carbocycles. The minimum absolute atomic E-state index is 0.0422. The van der Waals surface area contributed by atoms with E-state index in [0.717, 1.165) is 23.6 Å². The fourth-order valence-corrected chi connectivity index (χ4v) is 4.39. The van der Waals surface area contributed by atoms with Crippen LogP contribution >= 0.6 is 0 Å². The number of amides is 1. The topological polar surface area (TPSA) is 83.6 Å². The van der Waals surface area contributed by atoms with Gasteiger partial charge in [0.2, 0.25) is 15.9 Å². The number of Topliss-reactive ketones (excluding diaryl/α,β-unsaturated/α-hetero) is 1. The van der Waals surface area contributed by atoms with Gasteiger partial charge < -0.3 is 5.32 Å². The van der Waals surface area contributed by atoms with Crippen molar-refractivity contribution in [1.82, 2.24) is 4.31 Å². The smallest absolute Gasteiger partial charge is 0.242 e. The minimum atomic E-state index is -3.58. The summed E-state index contributed by atoms with van der Waals surface area (Å²) in [5.74, 6) is -0.381. The van der Waals surface area contributed by atoms with Gasteiger partial charge in [0.15, 0.2) is 5.78 Å². The lowest BCUT2D eigenvalue weighted by Crippen LogP contribution is -2.22. The molecule has 0 bridgehead atoms. The molecule has 0 aliphatic heterocycles. The number of rotatable bonds is 7. The molecule has 2 aromatic carbocycles. The molecule has 0 fully saturated rings. The van der Waals surface area contributed by atoms with Crippen molar-refractivity contribution >= 4 is 27.4 Å². The molecule has 0 unspecified atom stereocenters. The third-order valence-electron chi connectivity index (χ3n) is 5.15. The lowest BCUT2D eigenvalue weighted by Gasteiger charge is -2.16. The summed E-state index contributed by atoms with van der Waals surface area (Å²) in [5, 5.41) is 2.68. The van der Waals surface area contributed by atoms with Crippen LogP contribution in [0.4, 0.5) is 5.69 Å². The molecule has 0 heterocycles. The summed E-state index contributed by atoms with van der Waals surface area (Å²) in [6.07, 6.45) is 4.56. The van der Waals surface area contributed by atoms with Gasteiger partial charge in [0.05, 0.1) is 4.90 Å². The summed E-state index contributed by atoms with van der Waals surface area (Å²) in [6, 6.07) is 11.9. The van der Waals surface area contributed by atoms with E-state index in [1.54, 1.807) is 12.1 Å². The van der Waals surface area contributed by atoms with Crippen LogP contribution in [0.5, 0.6) is 0 Å². The Kier molecular flexibility index (Phi) is 6.49. The van der Waals surface area contributed by atoms with Crippen LogP contribution in [0.3, 0.4) is 0 Å². The summed E-state index contributed by atoms with van der Waals surface area (Å²) >= 11 is 0. The van der Waals surface area contributed by atoms with Crippen molar-refractivity contribution in [1.29, 1.82) is 0 Å². The van der Waals surface area contributed by atoms with Crippen molar-refractivity contribution in [3.05, 3.63) is 59.2 Å². The Bertz CT molecular complexity index is 1030. The first-order valence-electron chi connectivity index (χ1n) is 9.75. The maximum absolute atomic E-state index is 12.5. The number of benzene rings is 2. The molecule has 2 aromatic rings. The Balaban J connectivity index is 1.60. The molecule has 154 valence electrons. The first-order valence-corrected chi connectivity index (χ1v) is 11.2. The predicted molar refractivity (Wildman–Crippen MR) is 113 cm³/mol. The van der Waals surface area contributed by atoms with Gasteiger partial charge in [-0.05, 0) is 61.1 Å². The highest BCUT2D eigenvalue weighted by Gasteiger charge is 2.18. The zero-order valence-electron chi connectivity index (χ0n) is 16.8. The van der Waals surface area contributed by atoms with E-state index in [0.29, 0.717) is 11.3 Å². The summed E-state index contributed by atoms with van der Waals surface area (Å²) in [6.45, 7) is 0. The van der Waals surface area contributed by atoms with E-state index in [4.69, 9.17) is 0 Å². The molecule has 6 nitrogen and oxygen atoms in total. The van der Waals surface area contributed by atoms with Gasteiger partial charge in [0.1, 0.15) is 0 Å². The largest absolute Gasteiger partial charge is 0.326 e. The van der Waals surface area contributed by atoms with E-state index in [9.17, 15) is 18.0 Å². The average molecular weight is 415 g/mol. The van der Waals surface area contributed by atoms with Crippen molar-refractivity contribution in [2.75, 3.05) is 19.4 Å². The first-order chi connectivity index (χ1) is 13.8. The van der Waals surface area contributed by atoms with E-state index in [1.807, 2.05) is 18.2 Å². The molecule has 29 heavy (non-hydrogen) atoms. The number of hydrogen-bond acceptors (Lipinski definition) is 4. The van der Waals surface area contributed by atoms with Gasteiger partial charge in [0, 0.05) is 38.2 Å². The molecule has 0 atom stereocenters. The molecule has 0 aromatic heterocycles. The number of hydrogen-bond donors (Lipinski definition) is 1. The number of ketones is 1. The van der Waals surface area contributed by atoms with Crippen molar-refractivity contribution in [3.63, 3.8) is 0 Å². The predicted octanol–water partition coefficient (Wildman–Crippen LogP) is 3.42. The number of carbonyl (C=O) groups is 2. The summed E-state index contributed by atoms with van der Waals surface area (Å²) in [5.41, 5.74) is 3.60. The SMILES string of the molecule is CN(C)S(=O)(=O)c1cccc(NC(=O)CCC(=O)c2ccc3c(c2)CCCC3)c1. The van der Waals surface area contributed by atoms with Crippen molar-refractivity contribution in [2.45, 2.75) is 43.4 Å². The standard InChI is InChI=1S/C22H26N2O4S/c1-24(2)29(27,28)20-9-5-8-19(15-20)23-22(26)13-12-21(25)18-11-10-16-6-3-4-7-17(16)14-18/h5,8-11,14-15H,3-4,6-7,12-13H2,1-2H3,(H,23,26). The quantitative estimate of drug-likeness (QED) is 0.704. The van der Waals surface area contributed by atoms with Crippen molar-refractivity contribution < 1.29 is 18.0 Å². The maximum Gasteiger partial charge on any atom is 0.242 e. The van der Waals surface area contributed by atoms with Gasteiger partial charge in [-0.1, -0.05) is 18.2 Å². The second-order valence-corrected chi connectivity index (χ2v) is 9.63. The van der Waals surface area contributed by atoms with Crippen LogP contribution < -0.4 is 5.32 Å².